The van der Waals surface area contributed by atoms with Crippen LogP contribution in [0.2, 0.25) is 0 Å². The fourth-order valence-corrected chi connectivity index (χ4v) is 2.59. The minimum Gasteiger partial charge on any atom is -0.481 e. The van der Waals surface area contributed by atoms with Gasteiger partial charge in [0.05, 0.1) is 6.42 Å². The number of carbonyl (C=O) groups is 2. The maximum atomic E-state index is 11.8. The van der Waals surface area contributed by atoms with Crippen molar-refractivity contribution in [1.82, 2.24) is 10.3 Å². The molecule has 1 heterocycles. The van der Waals surface area contributed by atoms with Gasteiger partial charge in [-0.05, 0) is 36.3 Å². The van der Waals surface area contributed by atoms with Crippen LogP contribution in [0.15, 0.2) is 24.5 Å². The van der Waals surface area contributed by atoms with Crippen LogP contribution >= 0.6 is 0 Å². The van der Waals surface area contributed by atoms with Crippen molar-refractivity contribution in [1.29, 1.82) is 0 Å². The van der Waals surface area contributed by atoms with E-state index in [1.165, 1.54) is 0 Å². The molecule has 0 saturated heterocycles. The van der Waals surface area contributed by atoms with Gasteiger partial charge in [0, 0.05) is 25.4 Å². The summed E-state index contributed by atoms with van der Waals surface area (Å²) in [5.74, 6) is -0.806. The smallest absolute Gasteiger partial charge is 0.303 e. The zero-order valence-corrected chi connectivity index (χ0v) is 11.5. The van der Waals surface area contributed by atoms with Crippen LogP contribution in [0.25, 0.3) is 0 Å². The summed E-state index contributed by atoms with van der Waals surface area (Å²) in [4.78, 5) is 26.7. The molecule has 1 saturated carbocycles. The van der Waals surface area contributed by atoms with E-state index in [4.69, 9.17) is 5.11 Å². The Kier molecular flexibility index (Phi) is 4.71. The van der Waals surface area contributed by atoms with Gasteiger partial charge in [0.1, 0.15) is 0 Å². The molecule has 1 aliphatic rings. The number of nitrogens with one attached hydrogen (secondary N) is 1. The Morgan fingerprint density at radius 3 is 2.75 bits per heavy atom. The second kappa shape index (κ2) is 6.50. The van der Waals surface area contributed by atoms with Gasteiger partial charge in [-0.15, -0.1) is 0 Å². The number of rotatable bonds is 7. The van der Waals surface area contributed by atoms with Crippen LogP contribution in [-0.2, 0) is 16.0 Å². The van der Waals surface area contributed by atoms with E-state index in [-0.39, 0.29) is 17.7 Å². The summed E-state index contributed by atoms with van der Waals surface area (Å²) >= 11 is 0. The van der Waals surface area contributed by atoms with Crippen molar-refractivity contribution in [3.8, 4) is 0 Å². The van der Waals surface area contributed by atoms with Crippen LogP contribution in [0, 0.1) is 5.41 Å². The third-order valence-corrected chi connectivity index (χ3v) is 3.96. The van der Waals surface area contributed by atoms with Crippen LogP contribution in [0.4, 0.5) is 0 Å². The maximum absolute atomic E-state index is 11.8. The Hall–Kier alpha value is -1.91. The average molecular weight is 276 g/mol. The molecule has 1 aliphatic carbocycles. The number of aromatic nitrogens is 1. The second-order valence-corrected chi connectivity index (χ2v) is 5.56. The third kappa shape index (κ3) is 4.05. The first-order chi connectivity index (χ1) is 9.60. The summed E-state index contributed by atoms with van der Waals surface area (Å²) in [5, 5.41) is 11.8. The normalized spacial score (nSPS) is 16.2. The highest BCUT2D eigenvalue weighted by atomic mass is 16.4. The number of pyridine rings is 1. The first kappa shape index (κ1) is 14.5. The molecule has 0 bridgehead atoms. The van der Waals surface area contributed by atoms with E-state index in [2.05, 4.69) is 10.3 Å². The third-order valence-electron chi connectivity index (χ3n) is 3.96. The van der Waals surface area contributed by atoms with Crippen LogP contribution in [0.3, 0.4) is 0 Å². The first-order valence-corrected chi connectivity index (χ1v) is 6.97. The van der Waals surface area contributed by atoms with Gasteiger partial charge in [-0.1, -0.05) is 12.5 Å². The predicted octanol–water partition coefficient (Wildman–Crippen LogP) is 1.78. The highest BCUT2D eigenvalue weighted by Crippen LogP contribution is 2.43. The molecule has 1 amide bonds. The molecule has 2 rings (SSSR count). The standard InChI is InChI=1S/C15H20N2O3/c18-13(5-4-12-3-1-8-16-10-12)17-11-15(6-2-7-15)9-14(19)20/h1,3,8,10H,2,4-7,9,11H2,(H,17,18)(H,19,20). The van der Waals surface area contributed by atoms with Crippen molar-refractivity contribution in [2.24, 2.45) is 5.41 Å². The zero-order valence-electron chi connectivity index (χ0n) is 11.5. The molecule has 0 unspecified atom stereocenters. The predicted molar refractivity (Wildman–Crippen MR) is 74.1 cm³/mol. The molecule has 20 heavy (non-hydrogen) atoms. The number of carboxylic acids is 1. The maximum Gasteiger partial charge on any atom is 0.303 e. The van der Waals surface area contributed by atoms with Crippen LogP contribution in [0.5, 0.6) is 0 Å². The van der Waals surface area contributed by atoms with E-state index in [1.54, 1.807) is 12.4 Å². The van der Waals surface area contributed by atoms with Crippen LogP contribution in [-0.4, -0.2) is 28.5 Å². The highest BCUT2D eigenvalue weighted by Gasteiger charge is 2.39. The summed E-state index contributed by atoms with van der Waals surface area (Å²) < 4.78 is 0. The lowest BCUT2D eigenvalue weighted by Crippen LogP contribution is -2.43. The summed E-state index contributed by atoms with van der Waals surface area (Å²) in [6.07, 6.45) is 7.51. The molecule has 0 atom stereocenters. The van der Waals surface area contributed by atoms with E-state index in [0.717, 1.165) is 24.8 Å². The average Bonchev–Trinajstić information content (AvgIpc) is 2.40. The summed E-state index contributed by atoms with van der Waals surface area (Å²) in [6, 6.07) is 3.79. The zero-order chi connectivity index (χ0) is 14.4. The first-order valence-electron chi connectivity index (χ1n) is 6.97. The molecular formula is C15H20N2O3. The second-order valence-electron chi connectivity index (χ2n) is 5.56. The van der Waals surface area contributed by atoms with Crippen molar-refractivity contribution in [3.63, 3.8) is 0 Å². The Balaban J connectivity index is 1.73. The van der Waals surface area contributed by atoms with Crippen molar-refractivity contribution < 1.29 is 14.7 Å². The van der Waals surface area contributed by atoms with Gasteiger partial charge in [0.25, 0.3) is 0 Å². The number of nitrogens with zero attached hydrogens (tertiary/aromatic N) is 1. The van der Waals surface area contributed by atoms with Gasteiger partial charge >= 0.3 is 5.97 Å². The van der Waals surface area contributed by atoms with E-state index < -0.39 is 5.97 Å². The molecule has 2 N–H and O–H groups in total. The lowest BCUT2D eigenvalue weighted by Gasteiger charge is -2.40. The lowest BCUT2D eigenvalue weighted by atomic mass is 9.66. The summed E-state index contributed by atoms with van der Waals surface area (Å²) in [6.45, 7) is 0.477. The monoisotopic (exact) mass is 276 g/mol. The van der Waals surface area contributed by atoms with Gasteiger partial charge in [-0.25, -0.2) is 0 Å². The molecule has 5 nitrogen and oxygen atoms in total. The molecule has 108 valence electrons. The van der Waals surface area contributed by atoms with Crippen molar-refractivity contribution in [2.45, 2.75) is 38.5 Å². The fraction of sp³-hybridized carbons (Fsp3) is 0.533. The van der Waals surface area contributed by atoms with Gasteiger partial charge in [-0.3, -0.25) is 14.6 Å². The number of hydrogen-bond acceptors (Lipinski definition) is 3. The van der Waals surface area contributed by atoms with Crippen molar-refractivity contribution in [3.05, 3.63) is 30.1 Å². The molecule has 0 radical (unpaired) electrons. The van der Waals surface area contributed by atoms with E-state index in [9.17, 15) is 9.59 Å². The van der Waals surface area contributed by atoms with E-state index in [1.807, 2.05) is 12.1 Å². The Morgan fingerprint density at radius 2 is 2.20 bits per heavy atom. The summed E-state index contributed by atoms with van der Waals surface area (Å²) in [5.41, 5.74) is 0.821. The molecule has 0 spiro atoms. The van der Waals surface area contributed by atoms with E-state index >= 15 is 0 Å². The topological polar surface area (TPSA) is 79.3 Å². The fourth-order valence-electron chi connectivity index (χ4n) is 2.59. The van der Waals surface area contributed by atoms with Crippen LogP contribution < -0.4 is 5.32 Å². The molecular weight excluding hydrogens is 256 g/mol. The minimum absolute atomic E-state index is 0.0227. The number of carboxylic acid groups (broad SMARTS) is 1. The largest absolute Gasteiger partial charge is 0.481 e. The van der Waals surface area contributed by atoms with Gasteiger partial charge < -0.3 is 10.4 Å². The number of aryl methyl sites for hydroxylation is 1. The minimum atomic E-state index is -0.783. The Labute approximate surface area is 118 Å². The molecule has 1 fully saturated rings. The number of carbonyl (C=O) groups excluding carboxylic acids is 1. The van der Waals surface area contributed by atoms with Crippen molar-refractivity contribution in [2.75, 3.05) is 6.54 Å². The quantitative estimate of drug-likeness (QED) is 0.795. The highest BCUT2D eigenvalue weighted by molar-refractivity contribution is 5.76. The van der Waals surface area contributed by atoms with Gasteiger partial charge in [0.2, 0.25) is 5.91 Å². The van der Waals surface area contributed by atoms with Crippen molar-refractivity contribution >= 4 is 11.9 Å². The van der Waals surface area contributed by atoms with E-state index in [0.29, 0.717) is 19.4 Å². The molecule has 0 aliphatic heterocycles. The van der Waals surface area contributed by atoms with Gasteiger partial charge in [0.15, 0.2) is 0 Å². The summed E-state index contributed by atoms with van der Waals surface area (Å²) in [7, 11) is 0. The molecule has 1 aromatic rings. The number of hydrogen-bond donors (Lipinski definition) is 2. The lowest BCUT2D eigenvalue weighted by molar-refractivity contribution is -0.141. The Bertz CT molecular complexity index is 469. The number of aliphatic carboxylic acids is 1. The Morgan fingerprint density at radius 1 is 1.40 bits per heavy atom. The number of amides is 1. The molecule has 5 heteroatoms. The molecule has 1 aromatic heterocycles. The van der Waals surface area contributed by atoms with Gasteiger partial charge in [-0.2, -0.15) is 0 Å². The van der Waals surface area contributed by atoms with Crippen LogP contribution in [0.1, 0.15) is 37.7 Å². The SMILES string of the molecule is O=C(O)CC1(CNC(=O)CCc2cccnc2)CCC1. The molecule has 0 aromatic carbocycles.